The number of benzene rings is 4. The molecule has 1 N–H and O–H groups in total. The van der Waals surface area contributed by atoms with Crippen molar-refractivity contribution >= 4 is 50.1 Å². The summed E-state index contributed by atoms with van der Waals surface area (Å²) in [6.07, 6.45) is -1.25. The molecule has 0 saturated heterocycles. The zero-order chi connectivity index (χ0) is 28.5. The van der Waals surface area contributed by atoms with Crippen molar-refractivity contribution in [1.82, 2.24) is 4.98 Å². The summed E-state index contributed by atoms with van der Waals surface area (Å²) in [4.78, 5) is 57.8. The number of nitrogens with one attached hydrogen (secondary N) is 1. The maximum absolute atomic E-state index is 13.9. The lowest BCUT2D eigenvalue weighted by atomic mass is 9.84. The first-order valence-electron chi connectivity index (χ1n) is 12.7. The Labute approximate surface area is 238 Å². The zero-order valence-electron chi connectivity index (χ0n) is 21.7. The molecule has 1 aliphatic heterocycles. The number of amides is 1. The van der Waals surface area contributed by atoms with Crippen molar-refractivity contribution in [1.29, 1.82) is 0 Å². The van der Waals surface area contributed by atoms with Crippen LogP contribution in [0.4, 0.5) is 5.13 Å². The Balaban J connectivity index is 1.32. The second-order valence-corrected chi connectivity index (χ2v) is 10.4. The van der Waals surface area contributed by atoms with Gasteiger partial charge in [0.15, 0.2) is 10.9 Å². The van der Waals surface area contributed by atoms with Crippen LogP contribution in [0, 0.1) is 5.92 Å². The molecule has 2 heterocycles. The molecule has 1 aliphatic rings. The molecule has 9 heteroatoms. The summed E-state index contributed by atoms with van der Waals surface area (Å²) in [5.74, 6) is -4.32. The smallest absolute Gasteiger partial charge is 0.339 e. The van der Waals surface area contributed by atoms with Crippen molar-refractivity contribution in [2.75, 3.05) is 12.4 Å². The Hall–Kier alpha value is -5.15. The van der Waals surface area contributed by atoms with E-state index in [1.54, 1.807) is 73.8 Å². The molecule has 0 radical (unpaired) electrons. The van der Waals surface area contributed by atoms with Gasteiger partial charge in [0.05, 0.1) is 22.9 Å². The Morgan fingerprint density at radius 3 is 2.37 bits per heavy atom. The van der Waals surface area contributed by atoms with Gasteiger partial charge < -0.3 is 9.47 Å². The predicted molar refractivity (Wildman–Crippen MR) is 154 cm³/mol. The second kappa shape index (κ2) is 10.8. The van der Waals surface area contributed by atoms with E-state index in [4.69, 9.17) is 9.47 Å². The fraction of sp³-hybridized carbons (Fsp3) is 0.0938. The van der Waals surface area contributed by atoms with E-state index >= 15 is 0 Å². The highest BCUT2D eigenvalue weighted by atomic mass is 32.1. The molecule has 0 bridgehead atoms. The number of ketones is 2. The van der Waals surface area contributed by atoms with Gasteiger partial charge in [0.1, 0.15) is 17.8 Å². The number of nitrogens with zero attached hydrogens (tertiary/aromatic N) is 1. The highest BCUT2D eigenvalue weighted by molar-refractivity contribution is 7.22. The van der Waals surface area contributed by atoms with Crippen LogP contribution in [0.15, 0.2) is 97.1 Å². The van der Waals surface area contributed by atoms with Gasteiger partial charge in [-0.25, -0.2) is 9.78 Å². The van der Waals surface area contributed by atoms with Crippen molar-refractivity contribution in [2.45, 2.75) is 6.10 Å². The van der Waals surface area contributed by atoms with E-state index in [0.29, 0.717) is 16.8 Å². The van der Waals surface area contributed by atoms with Crippen LogP contribution >= 0.6 is 11.3 Å². The van der Waals surface area contributed by atoms with Crippen LogP contribution in [0.25, 0.3) is 21.3 Å². The Morgan fingerprint density at radius 1 is 0.902 bits per heavy atom. The molecule has 2 atom stereocenters. The number of hydrogen-bond acceptors (Lipinski definition) is 8. The van der Waals surface area contributed by atoms with Gasteiger partial charge in [0.25, 0.3) is 5.91 Å². The summed E-state index contributed by atoms with van der Waals surface area (Å²) in [7, 11) is 1.55. The maximum atomic E-state index is 13.9. The molecular weight excluding hydrogens is 540 g/mol. The van der Waals surface area contributed by atoms with Crippen molar-refractivity contribution in [2.24, 2.45) is 5.92 Å². The molecule has 8 nitrogen and oxygen atoms in total. The number of thiazole rings is 1. The fourth-order valence-electron chi connectivity index (χ4n) is 4.84. The monoisotopic (exact) mass is 562 g/mol. The molecule has 41 heavy (non-hydrogen) atoms. The standard InChI is InChI=1S/C32H22N2O6S/c1-39-21-15-16-24-25(17-21)41-32(33-24)34-30(37)28(36)26(29-22-9-5-6-10-23(22)31(38)40-29)27(35)20-13-11-19(12-14-20)18-7-3-2-4-8-18/h2-17,26,29H,1H3,(H,33,34,37). The minimum Gasteiger partial charge on any atom is -0.497 e. The van der Waals surface area contributed by atoms with E-state index in [-0.39, 0.29) is 16.3 Å². The molecule has 1 aromatic heterocycles. The zero-order valence-corrected chi connectivity index (χ0v) is 22.5. The molecular formula is C32H22N2O6S. The molecule has 2 unspecified atom stereocenters. The molecule has 0 saturated carbocycles. The highest BCUT2D eigenvalue weighted by Crippen LogP contribution is 2.38. The van der Waals surface area contributed by atoms with Crippen LogP contribution in [-0.2, 0) is 14.3 Å². The minimum absolute atomic E-state index is 0.189. The normalized spacial score (nSPS) is 14.7. The highest BCUT2D eigenvalue weighted by Gasteiger charge is 2.46. The minimum atomic E-state index is -1.60. The number of cyclic esters (lactones) is 1. The van der Waals surface area contributed by atoms with Crippen LogP contribution in [0.2, 0.25) is 0 Å². The van der Waals surface area contributed by atoms with Gasteiger partial charge in [-0.05, 0) is 35.4 Å². The van der Waals surface area contributed by atoms with E-state index in [0.717, 1.165) is 27.2 Å². The van der Waals surface area contributed by atoms with Crippen LogP contribution in [0.5, 0.6) is 5.75 Å². The summed E-state index contributed by atoms with van der Waals surface area (Å²) >= 11 is 1.16. The quantitative estimate of drug-likeness (QED) is 0.109. The molecule has 202 valence electrons. The third kappa shape index (κ3) is 4.99. The lowest BCUT2D eigenvalue weighted by Gasteiger charge is -2.21. The molecule has 6 rings (SSSR count). The second-order valence-electron chi connectivity index (χ2n) is 9.37. The number of Topliss-reactive ketones (excluding diaryl/α,β-unsaturated/α-hetero) is 2. The third-order valence-corrected chi connectivity index (χ3v) is 7.84. The summed E-state index contributed by atoms with van der Waals surface area (Å²) < 4.78 is 11.5. The molecule has 1 amide bonds. The number of hydrogen-bond donors (Lipinski definition) is 1. The van der Waals surface area contributed by atoms with Gasteiger partial charge in [-0.3, -0.25) is 19.7 Å². The average molecular weight is 563 g/mol. The Morgan fingerprint density at radius 2 is 1.61 bits per heavy atom. The topological polar surface area (TPSA) is 112 Å². The number of carbonyl (C=O) groups is 4. The lowest BCUT2D eigenvalue weighted by molar-refractivity contribution is -0.138. The third-order valence-electron chi connectivity index (χ3n) is 6.91. The number of aromatic nitrogens is 1. The predicted octanol–water partition coefficient (Wildman–Crippen LogP) is 5.89. The molecule has 0 aliphatic carbocycles. The van der Waals surface area contributed by atoms with Crippen molar-refractivity contribution < 1.29 is 28.7 Å². The summed E-state index contributed by atoms with van der Waals surface area (Å²) in [5.41, 5.74) is 3.30. The Kier molecular flexibility index (Phi) is 6.86. The maximum Gasteiger partial charge on any atom is 0.339 e. The number of carbonyl (C=O) groups excluding carboxylic acids is 4. The largest absolute Gasteiger partial charge is 0.497 e. The van der Waals surface area contributed by atoms with Crippen LogP contribution in [0.1, 0.15) is 32.4 Å². The summed E-state index contributed by atoms with van der Waals surface area (Å²) in [5, 5.41) is 2.72. The Bertz CT molecular complexity index is 1810. The lowest BCUT2D eigenvalue weighted by Crippen LogP contribution is -2.38. The number of rotatable bonds is 8. The van der Waals surface area contributed by atoms with Crippen LogP contribution in [0.3, 0.4) is 0 Å². The number of esters is 1. The first-order valence-corrected chi connectivity index (χ1v) is 13.5. The van der Waals surface area contributed by atoms with E-state index < -0.39 is 35.5 Å². The van der Waals surface area contributed by atoms with Crippen molar-refractivity contribution in [3.05, 3.63) is 114 Å². The van der Waals surface area contributed by atoms with E-state index in [1.165, 1.54) is 0 Å². The van der Waals surface area contributed by atoms with Gasteiger partial charge in [-0.15, -0.1) is 0 Å². The number of anilines is 1. The summed E-state index contributed by atoms with van der Waals surface area (Å²) in [6.45, 7) is 0. The van der Waals surface area contributed by atoms with E-state index in [2.05, 4.69) is 10.3 Å². The average Bonchev–Trinajstić information content (AvgIpc) is 3.57. The van der Waals surface area contributed by atoms with Crippen LogP contribution < -0.4 is 10.1 Å². The van der Waals surface area contributed by atoms with Gasteiger partial charge >= 0.3 is 5.97 Å². The van der Waals surface area contributed by atoms with Crippen LogP contribution in [-0.4, -0.2) is 35.5 Å². The number of methoxy groups -OCH3 is 1. The molecule has 4 aromatic carbocycles. The summed E-state index contributed by atoms with van der Waals surface area (Å²) in [6, 6.07) is 28.2. The molecule has 0 fully saturated rings. The van der Waals surface area contributed by atoms with Gasteiger partial charge in [0, 0.05) is 11.1 Å². The van der Waals surface area contributed by atoms with Crippen molar-refractivity contribution in [3.8, 4) is 16.9 Å². The van der Waals surface area contributed by atoms with E-state index in [1.807, 2.05) is 30.3 Å². The first kappa shape index (κ1) is 26.1. The van der Waals surface area contributed by atoms with Gasteiger partial charge in [-0.1, -0.05) is 84.1 Å². The number of ether oxygens (including phenoxy) is 2. The fourth-order valence-corrected chi connectivity index (χ4v) is 5.73. The molecule has 0 spiro atoms. The first-order chi connectivity index (χ1) is 19.9. The van der Waals surface area contributed by atoms with Crippen molar-refractivity contribution in [3.63, 3.8) is 0 Å². The van der Waals surface area contributed by atoms with Gasteiger partial charge in [-0.2, -0.15) is 0 Å². The molecule has 5 aromatic rings. The van der Waals surface area contributed by atoms with E-state index in [9.17, 15) is 19.2 Å². The number of fused-ring (bicyclic) bond motifs is 2. The van der Waals surface area contributed by atoms with Gasteiger partial charge in [0.2, 0.25) is 5.78 Å². The SMILES string of the molecule is COc1ccc2nc(NC(=O)C(=O)C(C(=O)c3ccc(-c4ccccc4)cc3)C3OC(=O)c4ccccc43)sc2c1.